The van der Waals surface area contributed by atoms with Crippen LogP contribution in [0.2, 0.25) is 0 Å². The Morgan fingerprint density at radius 2 is 2.11 bits per heavy atom. The second-order valence-electron chi connectivity index (χ2n) is 4.90. The largest absolute Gasteiger partial charge is 0.380 e. The first-order valence-corrected chi connectivity index (χ1v) is 6.16. The first-order chi connectivity index (χ1) is 8.65. The first kappa shape index (κ1) is 11.1. The average Bonchev–Trinajstić information content (AvgIpc) is 2.74. The van der Waals surface area contributed by atoms with E-state index in [9.17, 15) is 9.59 Å². The van der Waals surface area contributed by atoms with E-state index < -0.39 is 5.91 Å². The van der Waals surface area contributed by atoms with Crippen LogP contribution in [-0.4, -0.2) is 17.9 Å². The molecule has 0 bridgehead atoms. The fraction of sp³-hybridized carbons (Fsp3) is 0.385. The van der Waals surface area contributed by atoms with Gasteiger partial charge in [-0.2, -0.15) is 0 Å². The van der Waals surface area contributed by atoms with Gasteiger partial charge in [0.15, 0.2) is 0 Å². The minimum absolute atomic E-state index is 0.0226. The summed E-state index contributed by atoms with van der Waals surface area (Å²) in [6.07, 6.45) is 3.00. The van der Waals surface area contributed by atoms with Crippen molar-refractivity contribution in [2.24, 2.45) is 11.7 Å². The topological polar surface area (TPSA) is 84.2 Å². The third kappa shape index (κ3) is 1.72. The Balaban J connectivity index is 2.00. The van der Waals surface area contributed by atoms with Gasteiger partial charge < -0.3 is 16.4 Å². The molecule has 94 valence electrons. The molecule has 1 saturated carbocycles. The second kappa shape index (κ2) is 4.01. The Morgan fingerprint density at radius 3 is 2.89 bits per heavy atom. The normalized spacial score (nSPS) is 25.4. The van der Waals surface area contributed by atoms with E-state index in [4.69, 9.17) is 5.73 Å². The van der Waals surface area contributed by atoms with Gasteiger partial charge in [0.1, 0.15) is 0 Å². The molecule has 0 saturated heterocycles. The second-order valence-corrected chi connectivity index (χ2v) is 4.90. The zero-order valence-electron chi connectivity index (χ0n) is 9.90. The molecule has 5 nitrogen and oxygen atoms in total. The Bertz CT molecular complexity index is 527. The highest BCUT2D eigenvalue weighted by Gasteiger charge is 2.35. The summed E-state index contributed by atoms with van der Waals surface area (Å²) >= 11 is 0. The number of hydrogen-bond donors (Lipinski definition) is 3. The number of fused-ring (bicyclic) bond motifs is 2. The zero-order chi connectivity index (χ0) is 12.7. The summed E-state index contributed by atoms with van der Waals surface area (Å²) in [7, 11) is 0. The molecule has 1 aromatic carbocycles. The molecule has 3 rings (SSSR count). The number of nitrogens with one attached hydrogen (secondary N) is 2. The van der Waals surface area contributed by atoms with Crippen molar-refractivity contribution >= 4 is 23.2 Å². The van der Waals surface area contributed by atoms with Crippen molar-refractivity contribution in [2.75, 3.05) is 10.6 Å². The molecule has 2 amide bonds. The van der Waals surface area contributed by atoms with Crippen LogP contribution in [0.1, 0.15) is 29.6 Å². The molecule has 0 spiro atoms. The Labute approximate surface area is 105 Å². The molecule has 2 atom stereocenters. The minimum atomic E-state index is -0.489. The van der Waals surface area contributed by atoms with Crippen molar-refractivity contribution in [2.45, 2.75) is 25.3 Å². The predicted octanol–water partition coefficient (Wildman–Crippen LogP) is 1.32. The summed E-state index contributed by atoms with van der Waals surface area (Å²) in [5, 5.41) is 6.26. The van der Waals surface area contributed by atoms with E-state index in [-0.39, 0.29) is 17.9 Å². The Morgan fingerprint density at radius 1 is 1.28 bits per heavy atom. The lowest BCUT2D eigenvalue weighted by Gasteiger charge is -2.16. The fourth-order valence-corrected chi connectivity index (χ4v) is 2.80. The average molecular weight is 245 g/mol. The van der Waals surface area contributed by atoms with E-state index in [1.165, 1.54) is 0 Å². The number of carbonyl (C=O) groups excluding carboxylic acids is 2. The van der Waals surface area contributed by atoms with Crippen LogP contribution < -0.4 is 16.4 Å². The SMILES string of the molecule is NC(=O)c1ccc2c(c1)NC(=O)[C@H]1CCC[C@H]1N2. The molecular formula is C13H15N3O2. The van der Waals surface area contributed by atoms with Crippen LogP contribution in [0.5, 0.6) is 0 Å². The molecule has 1 aliphatic heterocycles. The molecule has 18 heavy (non-hydrogen) atoms. The highest BCUT2D eigenvalue weighted by atomic mass is 16.2. The van der Waals surface area contributed by atoms with Crippen LogP contribution in [0, 0.1) is 5.92 Å². The Kier molecular flexibility index (Phi) is 2.47. The highest BCUT2D eigenvalue weighted by Crippen LogP contribution is 2.35. The summed E-state index contributed by atoms with van der Waals surface area (Å²) in [6, 6.07) is 5.31. The van der Waals surface area contributed by atoms with Gasteiger partial charge in [-0.15, -0.1) is 0 Å². The maximum Gasteiger partial charge on any atom is 0.248 e. The monoisotopic (exact) mass is 245 g/mol. The lowest BCUT2D eigenvalue weighted by Crippen LogP contribution is -2.30. The maximum atomic E-state index is 12.1. The van der Waals surface area contributed by atoms with Crippen LogP contribution in [0.3, 0.4) is 0 Å². The maximum absolute atomic E-state index is 12.1. The third-order valence-electron chi connectivity index (χ3n) is 3.76. The summed E-state index contributed by atoms with van der Waals surface area (Å²) in [5.74, 6) is -0.434. The van der Waals surface area contributed by atoms with Crippen LogP contribution in [0.4, 0.5) is 11.4 Å². The van der Waals surface area contributed by atoms with E-state index >= 15 is 0 Å². The smallest absolute Gasteiger partial charge is 0.248 e. The van der Waals surface area contributed by atoms with Gasteiger partial charge in [-0.25, -0.2) is 0 Å². The van der Waals surface area contributed by atoms with Crippen molar-refractivity contribution in [3.8, 4) is 0 Å². The van der Waals surface area contributed by atoms with E-state index in [1.807, 2.05) is 0 Å². The van der Waals surface area contributed by atoms with Gasteiger partial charge in [0.25, 0.3) is 0 Å². The molecular weight excluding hydrogens is 230 g/mol. The van der Waals surface area contributed by atoms with Crippen LogP contribution in [0.15, 0.2) is 18.2 Å². The van der Waals surface area contributed by atoms with Crippen molar-refractivity contribution in [1.82, 2.24) is 0 Å². The third-order valence-corrected chi connectivity index (χ3v) is 3.76. The molecule has 1 aliphatic carbocycles. The van der Waals surface area contributed by atoms with Crippen molar-refractivity contribution in [1.29, 1.82) is 0 Å². The van der Waals surface area contributed by atoms with Gasteiger partial charge in [0, 0.05) is 11.6 Å². The molecule has 1 fully saturated rings. The number of carbonyl (C=O) groups is 2. The van der Waals surface area contributed by atoms with Gasteiger partial charge in [-0.1, -0.05) is 6.42 Å². The van der Waals surface area contributed by atoms with Gasteiger partial charge in [-0.3, -0.25) is 9.59 Å². The summed E-state index contributed by atoms with van der Waals surface area (Å²) in [6.45, 7) is 0. The number of anilines is 2. The molecule has 0 unspecified atom stereocenters. The highest BCUT2D eigenvalue weighted by molar-refractivity contribution is 6.01. The number of hydrogen-bond acceptors (Lipinski definition) is 3. The fourth-order valence-electron chi connectivity index (χ4n) is 2.80. The lowest BCUT2D eigenvalue weighted by atomic mass is 10.0. The van der Waals surface area contributed by atoms with E-state index in [0.29, 0.717) is 11.3 Å². The lowest BCUT2D eigenvalue weighted by molar-refractivity contribution is -0.119. The van der Waals surface area contributed by atoms with Gasteiger partial charge in [0.2, 0.25) is 11.8 Å². The number of primary amides is 1. The number of nitrogens with two attached hydrogens (primary N) is 1. The van der Waals surface area contributed by atoms with Crippen molar-refractivity contribution < 1.29 is 9.59 Å². The summed E-state index contributed by atoms with van der Waals surface area (Å²) in [4.78, 5) is 23.2. The first-order valence-electron chi connectivity index (χ1n) is 6.16. The molecule has 4 N–H and O–H groups in total. The molecule has 0 radical (unpaired) electrons. The summed E-state index contributed by atoms with van der Waals surface area (Å²) < 4.78 is 0. The van der Waals surface area contributed by atoms with E-state index in [2.05, 4.69) is 10.6 Å². The molecule has 1 aromatic rings. The molecule has 2 aliphatic rings. The number of amides is 2. The molecule has 0 aromatic heterocycles. The van der Waals surface area contributed by atoms with Gasteiger partial charge in [-0.05, 0) is 31.0 Å². The standard InChI is InChI=1S/C13H15N3O2/c14-12(17)7-4-5-10-11(6-7)16-13(18)8-2-1-3-9(8)15-10/h4-6,8-9,15H,1-3H2,(H2,14,17)(H,16,18)/t8-,9+/m0/s1. The van der Waals surface area contributed by atoms with Gasteiger partial charge >= 0.3 is 0 Å². The minimum Gasteiger partial charge on any atom is -0.380 e. The van der Waals surface area contributed by atoms with Crippen molar-refractivity contribution in [3.05, 3.63) is 23.8 Å². The van der Waals surface area contributed by atoms with E-state index in [1.54, 1.807) is 18.2 Å². The number of rotatable bonds is 1. The van der Waals surface area contributed by atoms with Crippen LogP contribution >= 0.6 is 0 Å². The van der Waals surface area contributed by atoms with Crippen molar-refractivity contribution in [3.63, 3.8) is 0 Å². The van der Waals surface area contributed by atoms with Gasteiger partial charge in [0.05, 0.1) is 17.3 Å². The van der Waals surface area contributed by atoms with Crippen LogP contribution in [0.25, 0.3) is 0 Å². The quantitative estimate of drug-likeness (QED) is 0.697. The molecule has 5 heteroatoms. The van der Waals surface area contributed by atoms with E-state index in [0.717, 1.165) is 24.9 Å². The molecule has 1 heterocycles. The number of benzene rings is 1. The Hall–Kier alpha value is -2.04. The summed E-state index contributed by atoms with van der Waals surface area (Å²) in [5.41, 5.74) is 7.15. The predicted molar refractivity (Wildman–Crippen MR) is 68.3 cm³/mol. The van der Waals surface area contributed by atoms with Crippen LogP contribution in [-0.2, 0) is 4.79 Å². The zero-order valence-corrected chi connectivity index (χ0v) is 9.90.